The Hall–Kier alpha value is -1.49. The molecule has 0 saturated carbocycles. The van der Waals surface area contributed by atoms with Gasteiger partial charge >= 0.3 is 0 Å². The predicted octanol–water partition coefficient (Wildman–Crippen LogP) is 2.41. The van der Waals surface area contributed by atoms with Crippen LogP contribution < -0.4 is 14.8 Å². The third-order valence-electron chi connectivity index (χ3n) is 2.16. The van der Waals surface area contributed by atoms with E-state index in [0.29, 0.717) is 22.5 Å². The minimum absolute atomic E-state index is 0.0559. The number of carbonyl (C=O) groups excluding carboxylic acids is 1. The summed E-state index contributed by atoms with van der Waals surface area (Å²) in [6, 6.07) is 5.54. The van der Waals surface area contributed by atoms with Crippen molar-refractivity contribution < 1.29 is 14.3 Å². The van der Waals surface area contributed by atoms with Crippen LogP contribution in [0, 0.1) is 6.92 Å². The Morgan fingerprint density at radius 2 is 2.17 bits per heavy atom. The predicted molar refractivity (Wildman–Crippen MR) is 74.3 cm³/mol. The second-order valence-electron chi connectivity index (χ2n) is 3.74. The second-order valence-corrected chi connectivity index (χ2v) is 4.86. The van der Waals surface area contributed by atoms with E-state index in [2.05, 4.69) is 27.8 Å². The minimum Gasteiger partial charge on any atom is -0.493 e. The Balaban J connectivity index is 2.52. The number of aryl methyl sites for hydroxylation is 1. The maximum atomic E-state index is 11.4. The van der Waals surface area contributed by atoms with Crippen molar-refractivity contribution >= 4 is 21.8 Å². The van der Waals surface area contributed by atoms with Gasteiger partial charge in [0.1, 0.15) is 0 Å². The lowest BCUT2D eigenvalue weighted by atomic mass is 10.2. The van der Waals surface area contributed by atoms with E-state index in [1.54, 1.807) is 13.2 Å². The minimum atomic E-state index is -0.210. The Kier molecular flexibility index (Phi) is 5.71. The van der Waals surface area contributed by atoms with E-state index in [0.717, 1.165) is 5.56 Å². The van der Waals surface area contributed by atoms with E-state index in [1.165, 1.54) is 0 Å². The smallest absolute Gasteiger partial charge is 0.258 e. The molecule has 0 aromatic heterocycles. The van der Waals surface area contributed by atoms with Gasteiger partial charge in [-0.15, -0.1) is 0 Å². The molecule has 0 unspecified atom stereocenters. The van der Waals surface area contributed by atoms with E-state index in [9.17, 15) is 4.79 Å². The third kappa shape index (κ3) is 4.79. The molecule has 18 heavy (non-hydrogen) atoms. The highest BCUT2D eigenvalue weighted by molar-refractivity contribution is 9.11. The van der Waals surface area contributed by atoms with Crippen LogP contribution in [0.2, 0.25) is 0 Å². The monoisotopic (exact) mass is 313 g/mol. The first kappa shape index (κ1) is 14.6. The van der Waals surface area contributed by atoms with Gasteiger partial charge in [-0.1, -0.05) is 28.6 Å². The first-order chi connectivity index (χ1) is 8.52. The number of ether oxygens (including phenoxy) is 2. The summed E-state index contributed by atoms with van der Waals surface area (Å²) in [5.74, 6) is 0.960. The fourth-order valence-electron chi connectivity index (χ4n) is 1.28. The summed E-state index contributed by atoms with van der Waals surface area (Å²) in [6.07, 6.45) is 0. The number of rotatable bonds is 6. The van der Waals surface area contributed by atoms with E-state index in [-0.39, 0.29) is 12.5 Å². The van der Waals surface area contributed by atoms with Gasteiger partial charge in [0, 0.05) is 11.0 Å². The van der Waals surface area contributed by atoms with Crippen LogP contribution in [0.5, 0.6) is 11.5 Å². The maximum absolute atomic E-state index is 11.4. The number of carbonyl (C=O) groups is 1. The quantitative estimate of drug-likeness (QED) is 0.877. The zero-order chi connectivity index (χ0) is 13.5. The van der Waals surface area contributed by atoms with Crippen molar-refractivity contribution in [2.45, 2.75) is 6.92 Å². The van der Waals surface area contributed by atoms with Crippen molar-refractivity contribution in [3.8, 4) is 11.5 Å². The molecule has 0 bridgehead atoms. The molecule has 1 amide bonds. The number of amides is 1. The van der Waals surface area contributed by atoms with Gasteiger partial charge < -0.3 is 14.8 Å². The summed E-state index contributed by atoms with van der Waals surface area (Å²) in [7, 11) is 1.57. The van der Waals surface area contributed by atoms with Crippen LogP contribution in [0.15, 0.2) is 29.3 Å². The molecule has 1 aromatic rings. The topological polar surface area (TPSA) is 47.6 Å². The molecule has 0 aliphatic rings. The van der Waals surface area contributed by atoms with Gasteiger partial charge in [-0.25, -0.2) is 0 Å². The van der Waals surface area contributed by atoms with Gasteiger partial charge in [0.15, 0.2) is 18.1 Å². The molecule has 1 rings (SSSR count). The summed E-state index contributed by atoms with van der Waals surface area (Å²) >= 11 is 3.16. The molecule has 0 heterocycles. The highest BCUT2D eigenvalue weighted by atomic mass is 79.9. The molecule has 0 atom stereocenters. The fourth-order valence-corrected chi connectivity index (χ4v) is 1.42. The number of benzene rings is 1. The van der Waals surface area contributed by atoms with E-state index < -0.39 is 0 Å². The SMILES string of the molecule is C=C(Br)CNC(=O)COc1ccc(C)cc1OC. The Labute approximate surface area is 115 Å². The normalized spacial score (nSPS) is 9.72. The van der Waals surface area contributed by atoms with Crippen molar-refractivity contribution in [1.82, 2.24) is 5.32 Å². The highest BCUT2D eigenvalue weighted by Crippen LogP contribution is 2.27. The first-order valence-corrected chi connectivity index (χ1v) is 6.19. The molecular weight excluding hydrogens is 298 g/mol. The molecule has 98 valence electrons. The Bertz CT molecular complexity index is 446. The Morgan fingerprint density at radius 1 is 1.44 bits per heavy atom. The molecule has 0 saturated heterocycles. The van der Waals surface area contributed by atoms with Gasteiger partial charge in [-0.05, 0) is 24.6 Å². The van der Waals surface area contributed by atoms with Crippen molar-refractivity contribution in [2.24, 2.45) is 0 Å². The maximum Gasteiger partial charge on any atom is 0.258 e. The fraction of sp³-hybridized carbons (Fsp3) is 0.308. The molecule has 0 spiro atoms. The van der Waals surface area contributed by atoms with Gasteiger partial charge in [0.05, 0.1) is 7.11 Å². The lowest BCUT2D eigenvalue weighted by Gasteiger charge is -2.11. The van der Waals surface area contributed by atoms with Crippen LogP contribution in [0.4, 0.5) is 0 Å². The van der Waals surface area contributed by atoms with Crippen molar-refractivity contribution in [3.05, 3.63) is 34.8 Å². The van der Waals surface area contributed by atoms with Gasteiger partial charge in [-0.3, -0.25) is 4.79 Å². The largest absolute Gasteiger partial charge is 0.493 e. The zero-order valence-corrected chi connectivity index (χ0v) is 12.0. The van der Waals surface area contributed by atoms with Crippen molar-refractivity contribution in [1.29, 1.82) is 0 Å². The van der Waals surface area contributed by atoms with Crippen LogP contribution in [0.1, 0.15) is 5.56 Å². The molecule has 0 aliphatic carbocycles. The molecular formula is C13H16BrNO3. The van der Waals surface area contributed by atoms with Crippen LogP contribution >= 0.6 is 15.9 Å². The number of hydrogen-bond donors (Lipinski definition) is 1. The summed E-state index contributed by atoms with van der Waals surface area (Å²) in [5, 5.41) is 2.65. The number of methoxy groups -OCH3 is 1. The lowest BCUT2D eigenvalue weighted by molar-refractivity contribution is -0.122. The molecule has 1 aromatic carbocycles. The van der Waals surface area contributed by atoms with Gasteiger partial charge in [-0.2, -0.15) is 0 Å². The zero-order valence-electron chi connectivity index (χ0n) is 10.5. The molecule has 0 fully saturated rings. The van der Waals surface area contributed by atoms with Crippen LogP contribution in [-0.2, 0) is 4.79 Å². The number of halogens is 1. The molecule has 4 nitrogen and oxygen atoms in total. The summed E-state index contributed by atoms with van der Waals surface area (Å²) < 4.78 is 11.3. The second kappa shape index (κ2) is 7.06. The van der Waals surface area contributed by atoms with Crippen molar-refractivity contribution in [2.75, 3.05) is 20.3 Å². The average Bonchev–Trinajstić information content (AvgIpc) is 2.34. The molecule has 5 heteroatoms. The number of hydrogen-bond acceptors (Lipinski definition) is 3. The lowest BCUT2D eigenvalue weighted by Crippen LogP contribution is -2.29. The molecule has 1 N–H and O–H groups in total. The van der Waals surface area contributed by atoms with Crippen molar-refractivity contribution in [3.63, 3.8) is 0 Å². The first-order valence-electron chi connectivity index (χ1n) is 5.40. The third-order valence-corrected chi connectivity index (χ3v) is 2.44. The van der Waals surface area contributed by atoms with E-state index in [4.69, 9.17) is 9.47 Å². The summed E-state index contributed by atoms with van der Waals surface area (Å²) in [4.78, 5) is 11.4. The van der Waals surface area contributed by atoms with Gasteiger partial charge in [0.25, 0.3) is 5.91 Å². The standard InChI is InChI=1S/C13H16BrNO3/c1-9-4-5-11(12(6-9)17-3)18-8-13(16)15-7-10(2)14/h4-6H,2,7-8H2,1,3H3,(H,15,16). The van der Waals surface area contributed by atoms with Gasteiger partial charge in [0.2, 0.25) is 0 Å². The Morgan fingerprint density at radius 3 is 2.78 bits per heavy atom. The molecule has 0 radical (unpaired) electrons. The van der Waals surface area contributed by atoms with E-state index in [1.807, 2.05) is 19.1 Å². The van der Waals surface area contributed by atoms with Crippen LogP contribution in [0.25, 0.3) is 0 Å². The summed E-state index contributed by atoms with van der Waals surface area (Å²) in [5.41, 5.74) is 1.07. The summed E-state index contributed by atoms with van der Waals surface area (Å²) in [6.45, 7) is 5.91. The average molecular weight is 314 g/mol. The highest BCUT2D eigenvalue weighted by Gasteiger charge is 2.07. The number of nitrogens with one attached hydrogen (secondary N) is 1. The van der Waals surface area contributed by atoms with Crippen LogP contribution in [0.3, 0.4) is 0 Å². The van der Waals surface area contributed by atoms with E-state index >= 15 is 0 Å². The molecule has 0 aliphatic heterocycles. The van der Waals surface area contributed by atoms with Crippen LogP contribution in [-0.4, -0.2) is 26.2 Å².